The molecule has 0 unspecified atom stereocenters. The Morgan fingerprint density at radius 3 is 2.73 bits per heavy atom. The van der Waals surface area contributed by atoms with Crippen LogP contribution in [0.3, 0.4) is 0 Å². The molecule has 2 aromatic heterocycles. The van der Waals surface area contributed by atoms with Crippen molar-refractivity contribution < 1.29 is 9.53 Å². The van der Waals surface area contributed by atoms with Crippen molar-refractivity contribution in [2.24, 2.45) is 0 Å². The monoisotopic (exact) mass is 482 g/mol. The van der Waals surface area contributed by atoms with Gasteiger partial charge in [-0.15, -0.1) is 0 Å². The maximum absolute atomic E-state index is 9.45. The number of carbonyl (C=O) groups excluding carboxylic acids is 1. The van der Waals surface area contributed by atoms with Gasteiger partial charge in [-0.2, -0.15) is 0 Å². The number of ether oxygens (including phenoxy) is 1. The number of hydrogen-bond donors (Lipinski definition) is 1. The summed E-state index contributed by atoms with van der Waals surface area (Å²) in [5.74, 6) is 0.829. The lowest BCUT2D eigenvalue weighted by Gasteiger charge is -2.09. The molecule has 0 radical (unpaired) electrons. The first-order valence-electron chi connectivity index (χ1n) is 8.03. The van der Waals surface area contributed by atoms with E-state index >= 15 is 0 Å². The van der Waals surface area contributed by atoms with E-state index in [1.807, 2.05) is 42.8 Å². The van der Waals surface area contributed by atoms with E-state index in [9.17, 15) is 4.79 Å². The van der Waals surface area contributed by atoms with Crippen molar-refractivity contribution in [1.29, 1.82) is 0 Å². The van der Waals surface area contributed by atoms with E-state index < -0.39 is 0 Å². The van der Waals surface area contributed by atoms with E-state index in [0.29, 0.717) is 11.0 Å². The molecule has 0 bridgehead atoms. The van der Waals surface area contributed by atoms with Crippen molar-refractivity contribution in [3.05, 3.63) is 45.4 Å². The molecule has 0 saturated heterocycles. The second kappa shape index (κ2) is 9.68. The van der Waals surface area contributed by atoms with Crippen LogP contribution in [0, 0.1) is 6.92 Å². The Morgan fingerprint density at radius 2 is 2.12 bits per heavy atom. The van der Waals surface area contributed by atoms with Gasteiger partial charge >= 0.3 is 0 Å². The molecule has 0 spiro atoms. The van der Waals surface area contributed by atoms with Gasteiger partial charge in [-0.25, -0.2) is 9.97 Å². The minimum absolute atomic E-state index is 0.698. The molecule has 0 atom stereocenters. The summed E-state index contributed by atoms with van der Waals surface area (Å²) in [6.07, 6.45) is 5.44. The van der Waals surface area contributed by atoms with Gasteiger partial charge in [0.15, 0.2) is 10.3 Å². The summed E-state index contributed by atoms with van der Waals surface area (Å²) in [6, 6.07) is 6.11. The Hall–Kier alpha value is -1.93. The lowest BCUT2D eigenvalue weighted by molar-refractivity contribution is -0.109. The Labute approximate surface area is 169 Å². The number of benzene rings is 1. The van der Waals surface area contributed by atoms with Crippen LogP contribution in [0.5, 0.6) is 5.75 Å². The second-order valence-corrected chi connectivity index (χ2v) is 7.03. The molecule has 0 saturated carbocycles. The summed E-state index contributed by atoms with van der Waals surface area (Å²) >= 11 is 6.83. The van der Waals surface area contributed by atoms with Crippen molar-refractivity contribution in [3.63, 3.8) is 0 Å². The summed E-state index contributed by atoms with van der Waals surface area (Å²) in [7, 11) is 1.68. The fourth-order valence-electron chi connectivity index (χ4n) is 2.34. The largest absolute Gasteiger partial charge is 0.496 e. The summed E-state index contributed by atoms with van der Waals surface area (Å²) in [5.41, 5.74) is 3.88. The van der Waals surface area contributed by atoms with Gasteiger partial charge in [0.05, 0.1) is 19.0 Å². The number of halogens is 2. The maximum Gasteiger partial charge on any atom is 0.207 e. The zero-order valence-corrected chi connectivity index (χ0v) is 18.0. The number of hydrogen-bond acceptors (Lipinski definition) is 4. The number of rotatable bonds is 5. The second-order valence-electron chi connectivity index (χ2n) is 5.47. The zero-order chi connectivity index (χ0) is 19.1. The van der Waals surface area contributed by atoms with E-state index in [0.717, 1.165) is 45.8 Å². The molecule has 0 fully saturated rings. The van der Waals surface area contributed by atoms with Gasteiger partial charge < -0.3 is 10.1 Å². The van der Waals surface area contributed by atoms with Crippen LogP contribution in [0.25, 0.3) is 16.9 Å². The lowest BCUT2D eigenvalue weighted by Crippen LogP contribution is -2.10. The molecule has 6 nitrogen and oxygen atoms in total. The molecular weight excluding hydrogens is 464 g/mol. The number of amides is 1. The molecule has 1 amide bonds. The summed E-state index contributed by atoms with van der Waals surface area (Å²) < 4.78 is 8.90. The van der Waals surface area contributed by atoms with Gasteiger partial charge in [0.2, 0.25) is 6.41 Å². The average molecular weight is 484 g/mol. The van der Waals surface area contributed by atoms with Crippen molar-refractivity contribution in [2.45, 2.75) is 20.3 Å². The van der Waals surface area contributed by atoms with Crippen molar-refractivity contribution in [3.8, 4) is 17.0 Å². The number of methoxy groups -OCH3 is 1. The van der Waals surface area contributed by atoms with Gasteiger partial charge in [0.25, 0.3) is 0 Å². The maximum atomic E-state index is 9.45. The Bertz CT molecular complexity index is 896. The molecular formula is C18H20Br2N4O2. The van der Waals surface area contributed by atoms with Gasteiger partial charge in [-0.05, 0) is 62.9 Å². The van der Waals surface area contributed by atoms with Crippen molar-refractivity contribution >= 4 is 43.9 Å². The first-order chi connectivity index (χ1) is 12.5. The Kier molecular flexibility index (Phi) is 7.59. The van der Waals surface area contributed by atoms with Gasteiger partial charge in [0.1, 0.15) is 10.4 Å². The first-order valence-corrected chi connectivity index (χ1v) is 9.61. The molecule has 1 N–H and O–H groups in total. The normalized spacial score (nSPS) is 10.2. The van der Waals surface area contributed by atoms with Gasteiger partial charge in [0, 0.05) is 18.3 Å². The van der Waals surface area contributed by atoms with Crippen LogP contribution in [0.1, 0.15) is 18.9 Å². The minimum atomic E-state index is 0.698. The van der Waals surface area contributed by atoms with E-state index in [1.165, 1.54) is 0 Å². The third-order valence-corrected chi connectivity index (χ3v) is 4.45. The summed E-state index contributed by atoms with van der Waals surface area (Å²) in [6.45, 7) is 4.85. The molecule has 1 aromatic carbocycles. The number of aromatic nitrogens is 3. The number of nitrogens with one attached hydrogen (secondary N) is 1. The van der Waals surface area contributed by atoms with Gasteiger partial charge in [-0.1, -0.05) is 13.0 Å². The van der Waals surface area contributed by atoms with Crippen LogP contribution in [0.2, 0.25) is 0 Å². The fraction of sp³-hybridized carbons (Fsp3) is 0.278. The molecule has 2 heterocycles. The van der Waals surface area contributed by atoms with Crippen LogP contribution in [0.15, 0.2) is 39.8 Å². The van der Waals surface area contributed by atoms with Crippen molar-refractivity contribution in [1.82, 2.24) is 19.7 Å². The van der Waals surface area contributed by atoms with Crippen LogP contribution in [-0.2, 0) is 4.79 Å². The molecule has 3 aromatic rings. The van der Waals surface area contributed by atoms with Crippen LogP contribution in [-0.4, -0.2) is 34.4 Å². The van der Waals surface area contributed by atoms with Crippen LogP contribution >= 0.6 is 31.9 Å². The highest BCUT2D eigenvalue weighted by Crippen LogP contribution is 2.32. The lowest BCUT2D eigenvalue weighted by atomic mass is 10.1. The average Bonchev–Trinajstić information content (AvgIpc) is 3.04. The van der Waals surface area contributed by atoms with E-state index in [4.69, 9.17) is 4.74 Å². The molecule has 26 heavy (non-hydrogen) atoms. The van der Waals surface area contributed by atoms with E-state index in [1.54, 1.807) is 7.11 Å². The highest BCUT2D eigenvalue weighted by atomic mass is 79.9. The number of nitrogens with zero attached hydrogens (tertiary/aromatic N) is 3. The summed E-state index contributed by atoms with van der Waals surface area (Å²) in [5, 5.41) is 2.52. The highest BCUT2D eigenvalue weighted by molar-refractivity contribution is 9.11. The third-order valence-electron chi connectivity index (χ3n) is 3.53. The number of imidazole rings is 1. The van der Waals surface area contributed by atoms with Crippen LogP contribution < -0.4 is 10.1 Å². The van der Waals surface area contributed by atoms with Crippen molar-refractivity contribution in [2.75, 3.05) is 13.7 Å². The number of carbonyl (C=O) groups is 1. The third kappa shape index (κ3) is 4.82. The Balaban J connectivity index is 0.000000352. The first kappa shape index (κ1) is 20.4. The highest BCUT2D eigenvalue weighted by Gasteiger charge is 2.14. The standard InChI is InChI=1S/C14H11Br2N3O.C4H9NO/c1-8-3-4-9(11(5-8)20-2)10-6-17-14-13(16)18-12(15)7-19(10)14;1-2-3-5-4-6/h3-7H,1-2H3;4H,2-3H2,1H3,(H,5,6). The predicted molar refractivity (Wildman–Crippen MR) is 109 cm³/mol. The van der Waals surface area contributed by atoms with E-state index in [-0.39, 0.29) is 0 Å². The fourth-order valence-corrected chi connectivity index (χ4v) is 3.44. The molecule has 0 aliphatic carbocycles. The minimum Gasteiger partial charge on any atom is -0.496 e. The number of aryl methyl sites for hydroxylation is 1. The topological polar surface area (TPSA) is 68.5 Å². The zero-order valence-electron chi connectivity index (χ0n) is 14.8. The number of fused-ring (bicyclic) bond motifs is 1. The quantitative estimate of drug-likeness (QED) is 0.432. The molecule has 138 valence electrons. The smallest absolute Gasteiger partial charge is 0.207 e. The van der Waals surface area contributed by atoms with Crippen LogP contribution in [0.4, 0.5) is 0 Å². The SMILES string of the molecule is CCCNC=O.COc1cc(C)ccc1-c1cnc2c(Br)nc(Br)cn12. The molecule has 8 heteroatoms. The van der Waals surface area contributed by atoms with Gasteiger partial charge in [-0.3, -0.25) is 9.20 Å². The van der Waals surface area contributed by atoms with E-state index in [2.05, 4.69) is 53.2 Å². The summed E-state index contributed by atoms with van der Waals surface area (Å²) in [4.78, 5) is 18.1. The molecule has 0 aliphatic heterocycles. The molecule has 0 aliphatic rings. The Morgan fingerprint density at radius 1 is 1.35 bits per heavy atom. The molecule has 3 rings (SSSR count). The predicted octanol–water partition coefficient (Wildman–Crippen LogP) is 4.38.